The number of hydrazone groups is 1. The second-order valence-electron chi connectivity index (χ2n) is 6.04. The molecule has 27 heavy (non-hydrogen) atoms. The van der Waals surface area contributed by atoms with E-state index in [1.165, 1.54) is 0 Å². The normalized spacial score (nSPS) is 15.3. The molecule has 1 aromatic rings. The van der Waals surface area contributed by atoms with E-state index in [9.17, 15) is 0 Å². The van der Waals surface area contributed by atoms with E-state index in [0.29, 0.717) is 18.3 Å². The van der Waals surface area contributed by atoms with Crippen molar-refractivity contribution in [3.63, 3.8) is 0 Å². The average Bonchev–Trinajstić information content (AvgIpc) is 2.68. The van der Waals surface area contributed by atoms with Crippen molar-refractivity contribution in [2.75, 3.05) is 52.6 Å². The summed E-state index contributed by atoms with van der Waals surface area (Å²) in [4.78, 5) is 2.35. The highest BCUT2D eigenvalue weighted by molar-refractivity contribution is 7.80. The predicted octanol–water partition coefficient (Wildman–Crippen LogP) is 2.00. The Morgan fingerprint density at radius 1 is 1.22 bits per heavy atom. The summed E-state index contributed by atoms with van der Waals surface area (Å²) in [6.07, 6.45) is 0. The Kier molecular flexibility index (Phi) is 9.30. The van der Waals surface area contributed by atoms with E-state index in [4.69, 9.17) is 26.4 Å². The first-order chi connectivity index (χ1) is 13.1. The molecule has 1 aliphatic rings. The SMILES string of the molecule is CCOc1ccc(OCC)c(/C(C)=N\NC(=S)NCCN2CCOCC2)c1. The van der Waals surface area contributed by atoms with Crippen LogP contribution in [-0.2, 0) is 4.74 Å². The fourth-order valence-electron chi connectivity index (χ4n) is 2.72. The number of benzene rings is 1. The number of morpholine rings is 1. The molecule has 7 nitrogen and oxygen atoms in total. The van der Waals surface area contributed by atoms with Gasteiger partial charge in [0.2, 0.25) is 0 Å². The smallest absolute Gasteiger partial charge is 0.187 e. The van der Waals surface area contributed by atoms with E-state index in [1.807, 2.05) is 39.0 Å². The molecule has 1 fully saturated rings. The molecule has 1 aromatic carbocycles. The second kappa shape index (κ2) is 11.7. The molecule has 0 spiro atoms. The first kappa shape index (κ1) is 21.4. The van der Waals surface area contributed by atoms with Gasteiger partial charge < -0.3 is 19.5 Å². The van der Waals surface area contributed by atoms with Crippen molar-refractivity contribution < 1.29 is 14.2 Å². The van der Waals surface area contributed by atoms with Crippen molar-refractivity contribution in [3.8, 4) is 11.5 Å². The van der Waals surface area contributed by atoms with Crippen LogP contribution < -0.4 is 20.2 Å². The maximum absolute atomic E-state index is 5.70. The molecule has 1 heterocycles. The van der Waals surface area contributed by atoms with Gasteiger partial charge in [-0.05, 0) is 51.2 Å². The van der Waals surface area contributed by atoms with Crippen LogP contribution in [-0.4, -0.2) is 68.3 Å². The Labute approximate surface area is 167 Å². The monoisotopic (exact) mass is 394 g/mol. The fraction of sp³-hybridized carbons (Fsp3) is 0.579. The van der Waals surface area contributed by atoms with Gasteiger partial charge in [-0.15, -0.1) is 0 Å². The average molecular weight is 395 g/mol. The van der Waals surface area contributed by atoms with Crippen LogP contribution in [0.3, 0.4) is 0 Å². The summed E-state index contributed by atoms with van der Waals surface area (Å²) >= 11 is 5.31. The lowest BCUT2D eigenvalue weighted by atomic mass is 10.1. The zero-order chi connectivity index (χ0) is 19.5. The molecule has 2 N–H and O–H groups in total. The lowest BCUT2D eigenvalue weighted by Gasteiger charge is -2.26. The molecular formula is C19H30N4O3S. The number of hydrogen-bond acceptors (Lipinski definition) is 6. The summed E-state index contributed by atoms with van der Waals surface area (Å²) in [6, 6.07) is 5.74. The van der Waals surface area contributed by atoms with Crippen LogP contribution >= 0.6 is 12.2 Å². The number of hydrogen-bond donors (Lipinski definition) is 2. The van der Waals surface area contributed by atoms with E-state index in [-0.39, 0.29) is 0 Å². The highest BCUT2D eigenvalue weighted by Crippen LogP contribution is 2.25. The number of nitrogens with zero attached hydrogens (tertiary/aromatic N) is 2. The van der Waals surface area contributed by atoms with E-state index in [2.05, 4.69) is 20.7 Å². The Morgan fingerprint density at radius 2 is 1.96 bits per heavy atom. The largest absolute Gasteiger partial charge is 0.494 e. The molecule has 0 radical (unpaired) electrons. The summed E-state index contributed by atoms with van der Waals surface area (Å²) < 4.78 is 16.6. The molecule has 0 unspecified atom stereocenters. The molecular weight excluding hydrogens is 364 g/mol. The summed E-state index contributed by atoms with van der Waals surface area (Å²) in [5.41, 5.74) is 4.56. The number of thiocarbonyl (C=S) groups is 1. The lowest BCUT2D eigenvalue weighted by molar-refractivity contribution is 0.0389. The van der Waals surface area contributed by atoms with Crippen LogP contribution in [0.1, 0.15) is 26.3 Å². The zero-order valence-corrected chi connectivity index (χ0v) is 17.2. The van der Waals surface area contributed by atoms with Crippen LogP contribution in [0.25, 0.3) is 0 Å². The predicted molar refractivity (Wildman–Crippen MR) is 112 cm³/mol. The molecule has 0 aliphatic carbocycles. The molecule has 2 rings (SSSR count). The van der Waals surface area contributed by atoms with Gasteiger partial charge >= 0.3 is 0 Å². The minimum Gasteiger partial charge on any atom is -0.494 e. The van der Waals surface area contributed by atoms with Gasteiger partial charge in [0, 0.05) is 31.7 Å². The minimum atomic E-state index is 0.501. The summed E-state index contributed by atoms with van der Waals surface area (Å²) in [5, 5.41) is 8.08. The van der Waals surface area contributed by atoms with Gasteiger partial charge in [-0.3, -0.25) is 10.3 Å². The first-order valence-corrected chi connectivity index (χ1v) is 9.83. The van der Waals surface area contributed by atoms with Gasteiger partial charge in [-0.1, -0.05) is 0 Å². The van der Waals surface area contributed by atoms with E-state index >= 15 is 0 Å². The van der Waals surface area contributed by atoms with Gasteiger partial charge in [-0.25, -0.2) is 0 Å². The van der Waals surface area contributed by atoms with Gasteiger partial charge in [0.15, 0.2) is 5.11 Å². The first-order valence-electron chi connectivity index (χ1n) is 9.42. The van der Waals surface area contributed by atoms with Crippen LogP contribution in [0.2, 0.25) is 0 Å². The van der Waals surface area contributed by atoms with E-state index in [1.54, 1.807) is 0 Å². The third-order valence-corrected chi connectivity index (χ3v) is 4.33. The Bertz CT molecular complexity index is 633. The van der Waals surface area contributed by atoms with Crippen LogP contribution in [0.5, 0.6) is 11.5 Å². The second-order valence-corrected chi connectivity index (χ2v) is 6.45. The van der Waals surface area contributed by atoms with Crippen LogP contribution in [0, 0.1) is 0 Å². The van der Waals surface area contributed by atoms with E-state index < -0.39 is 0 Å². The standard InChI is InChI=1S/C19H30N4O3S/c1-4-25-16-6-7-18(26-5-2)17(14-16)15(3)21-22-19(27)20-8-9-23-10-12-24-13-11-23/h6-7,14H,4-5,8-13H2,1-3H3,(H2,20,22,27)/b21-15-. The number of ether oxygens (including phenoxy) is 3. The van der Waals surface area contributed by atoms with Crippen molar-refractivity contribution in [2.45, 2.75) is 20.8 Å². The fourth-order valence-corrected chi connectivity index (χ4v) is 2.86. The van der Waals surface area contributed by atoms with Crippen molar-refractivity contribution in [2.24, 2.45) is 5.10 Å². The molecule has 0 aromatic heterocycles. The van der Waals surface area contributed by atoms with Crippen molar-refractivity contribution in [1.29, 1.82) is 0 Å². The quantitative estimate of drug-likeness (QED) is 0.377. The maximum atomic E-state index is 5.70. The van der Waals surface area contributed by atoms with Crippen molar-refractivity contribution in [3.05, 3.63) is 23.8 Å². The van der Waals surface area contributed by atoms with Gasteiger partial charge in [0.05, 0.1) is 32.1 Å². The zero-order valence-electron chi connectivity index (χ0n) is 16.4. The Morgan fingerprint density at radius 3 is 2.67 bits per heavy atom. The van der Waals surface area contributed by atoms with E-state index in [0.717, 1.165) is 62.2 Å². The minimum absolute atomic E-state index is 0.501. The number of nitrogens with one attached hydrogen (secondary N) is 2. The molecule has 150 valence electrons. The molecule has 8 heteroatoms. The van der Waals surface area contributed by atoms with Gasteiger partial charge in [-0.2, -0.15) is 5.10 Å². The molecule has 0 amide bonds. The third kappa shape index (κ3) is 7.32. The third-order valence-electron chi connectivity index (χ3n) is 4.09. The molecule has 0 atom stereocenters. The summed E-state index contributed by atoms with van der Waals surface area (Å²) in [5.74, 6) is 1.56. The molecule has 1 aliphatic heterocycles. The van der Waals surface area contributed by atoms with Crippen molar-refractivity contribution in [1.82, 2.24) is 15.6 Å². The Balaban J connectivity index is 1.89. The van der Waals surface area contributed by atoms with Gasteiger partial charge in [0.1, 0.15) is 11.5 Å². The molecule has 0 saturated carbocycles. The maximum Gasteiger partial charge on any atom is 0.187 e. The molecule has 1 saturated heterocycles. The van der Waals surface area contributed by atoms with Crippen molar-refractivity contribution >= 4 is 23.0 Å². The summed E-state index contributed by atoms with van der Waals surface area (Å²) in [7, 11) is 0. The van der Waals surface area contributed by atoms with Crippen LogP contribution in [0.15, 0.2) is 23.3 Å². The van der Waals surface area contributed by atoms with Gasteiger partial charge in [0.25, 0.3) is 0 Å². The summed E-state index contributed by atoms with van der Waals surface area (Å²) in [6.45, 7) is 12.3. The molecule has 0 bridgehead atoms. The highest BCUT2D eigenvalue weighted by atomic mass is 32.1. The number of rotatable bonds is 9. The highest BCUT2D eigenvalue weighted by Gasteiger charge is 2.11. The lowest BCUT2D eigenvalue weighted by Crippen LogP contribution is -2.42. The van der Waals surface area contributed by atoms with Crippen LogP contribution in [0.4, 0.5) is 0 Å². The Hall–Kier alpha value is -1.90. The topological polar surface area (TPSA) is 67.4 Å².